The maximum atomic E-state index is 13.2. The molecule has 0 radical (unpaired) electrons. The molecule has 0 saturated carbocycles. The Morgan fingerprint density at radius 3 is 2.67 bits per heavy atom. The van der Waals surface area contributed by atoms with Crippen molar-refractivity contribution in [1.29, 1.82) is 0 Å². The van der Waals surface area contributed by atoms with Gasteiger partial charge < -0.3 is 14.6 Å². The molecular formula is C21H24N2O4. The van der Waals surface area contributed by atoms with Gasteiger partial charge in [-0.1, -0.05) is 12.1 Å². The first-order valence-electron chi connectivity index (χ1n) is 9.12. The Morgan fingerprint density at radius 2 is 1.96 bits per heavy atom. The predicted octanol–water partition coefficient (Wildman–Crippen LogP) is 3.26. The maximum Gasteiger partial charge on any atom is 0.261 e. The monoisotopic (exact) mass is 368 g/mol. The molecule has 1 N–H and O–H groups in total. The summed E-state index contributed by atoms with van der Waals surface area (Å²) in [7, 11) is 1.61. The van der Waals surface area contributed by atoms with Crippen LogP contribution in [-0.2, 0) is 0 Å². The number of benzene rings is 1. The molecule has 1 aliphatic rings. The second-order valence-corrected chi connectivity index (χ2v) is 6.89. The van der Waals surface area contributed by atoms with E-state index >= 15 is 0 Å². The van der Waals surface area contributed by atoms with Crippen LogP contribution in [0.1, 0.15) is 64.2 Å². The molecule has 1 aromatic carbocycles. The van der Waals surface area contributed by atoms with Crippen LogP contribution in [0.2, 0.25) is 0 Å². The zero-order valence-electron chi connectivity index (χ0n) is 15.9. The fourth-order valence-electron chi connectivity index (χ4n) is 3.67. The Labute approximate surface area is 158 Å². The first-order chi connectivity index (χ1) is 12.9. The van der Waals surface area contributed by atoms with E-state index in [2.05, 4.69) is 4.98 Å². The standard InChI is InChI=1S/C21H24N2O4/c1-13-17(14(2)24)12-18(20(25)22-13)21(26)23-10-5-4-9-19(23)15-7-6-8-16(11-15)27-3/h6-8,11-12,19H,4-5,9-10H2,1-3H3,(H,22,25)/t19-/m0/s1. The van der Waals surface area contributed by atoms with E-state index in [1.54, 1.807) is 18.9 Å². The summed E-state index contributed by atoms with van der Waals surface area (Å²) < 4.78 is 5.30. The van der Waals surface area contributed by atoms with Crippen molar-refractivity contribution in [1.82, 2.24) is 9.88 Å². The highest BCUT2D eigenvalue weighted by atomic mass is 16.5. The predicted molar refractivity (Wildman–Crippen MR) is 102 cm³/mol. The summed E-state index contributed by atoms with van der Waals surface area (Å²) in [6.07, 6.45) is 2.71. The highest BCUT2D eigenvalue weighted by molar-refractivity contribution is 6.00. The number of hydrogen-bond acceptors (Lipinski definition) is 4. The number of H-pyrrole nitrogens is 1. The fourth-order valence-corrected chi connectivity index (χ4v) is 3.67. The Bertz CT molecular complexity index is 932. The van der Waals surface area contributed by atoms with Gasteiger partial charge in [0.25, 0.3) is 11.5 Å². The zero-order chi connectivity index (χ0) is 19.6. The quantitative estimate of drug-likeness (QED) is 0.840. The molecule has 1 amide bonds. The number of ether oxygens (including phenoxy) is 1. The molecule has 0 bridgehead atoms. The lowest BCUT2D eigenvalue weighted by atomic mass is 9.94. The summed E-state index contributed by atoms with van der Waals surface area (Å²) in [4.78, 5) is 41.8. The number of aromatic amines is 1. The molecule has 3 rings (SSSR count). The highest BCUT2D eigenvalue weighted by Gasteiger charge is 2.30. The number of ketones is 1. The Morgan fingerprint density at radius 1 is 1.19 bits per heavy atom. The number of aryl methyl sites for hydroxylation is 1. The van der Waals surface area contributed by atoms with Gasteiger partial charge in [-0.3, -0.25) is 14.4 Å². The van der Waals surface area contributed by atoms with E-state index in [0.717, 1.165) is 30.6 Å². The largest absolute Gasteiger partial charge is 0.497 e. The van der Waals surface area contributed by atoms with Crippen molar-refractivity contribution in [2.24, 2.45) is 0 Å². The van der Waals surface area contributed by atoms with Crippen LogP contribution in [0.3, 0.4) is 0 Å². The number of nitrogens with zero attached hydrogens (tertiary/aromatic N) is 1. The maximum absolute atomic E-state index is 13.2. The molecule has 27 heavy (non-hydrogen) atoms. The van der Waals surface area contributed by atoms with Crippen LogP contribution in [0.15, 0.2) is 35.1 Å². The molecule has 0 spiro atoms. The van der Waals surface area contributed by atoms with Crippen molar-refractivity contribution in [2.75, 3.05) is 13.7 Å². The average molecular weight is 368 g/mol. The van der Waals surface area contributed by atoms with Gasteiger partial charge in [-0.25, -0.2) is 0 Å². The van der Waals surface area contributed by atoms with E-state index in [9.17, 15) is 14.4 Å². The van der Waals surface area contributed by atoms with Gasteiger partial charge >= 0.3 is 0 Å². The molecule has 6 nitrogen and oxygen atoms in total. The Hall–Kier alpha value is -2.89. The minimum atomic E-state index is -0.461. The van der Waals surface area contributed by atoms with Crippen LogP contribution < -0.4 is 10.3 Å². The van der Waals surface area contributed by atoms with Gasteiger partial charge in [-0.05, 0) is 56.9 Å². The smallest absolute Gasteiger partial charge is 0.261 e. The van der Waals surface area contributed by atoms with E-state index in [0.29, 0.717) is 17.8 Å². The lowest BCUT2D eigenvalue weighted by Gasteiger charge is -2.36. The topological polar surface area (TPSA) is 79.5 Å². The van der Waals surface area contributed by atoms with Crippen LogP contribution in [0.5, 0.6) is 5.75 Å². The third-order valence-corrected chi connectivity index (χ3v) is 5.09. The molecule has 2 heterocycles. The average Bonchev–Trinajstić information content (AvgIpc) is 2.67. The van der Waals surface area contributed by atoms with Gasteiger partial charge in [0.1, 0.15) is 11.3 Å². The number of methoxy groups -OCH3 is 1. The second kappa shape index (κ2) is 7.78. The fraction of sp³-hybridized carbons (Fsp3) is 0.381. The number of piperidine rings is 1. The lowest BCUT2D eigenvalue weighted by molar-refractivity contribution is 0.0609. The van der Waals surface area contributed by atoms with Gasteiger partial charge in [-0.15, -0.1) is 0 Å². The summed E-state index contributed by atoms with van der Waals surface area (Å²) in [5.74, 6) is 0.213. The second-order valence-electron chi connectivity index (χ2n) is 6.89. The molecule has 142 valence electrons. The van der Waals surface area contributed by atoms with E-state index in [1.165, 1.54) is 13.0 Å². The number of amides is 1. The molecule has 1 saturated heterocycles. The van der Waals surface area contributed by atoms with Crippen LogP contribution in [0.4, 0.5) is 0 Å². The third kappa shape index (κ3) is 3.79. The van der Waals surface area contributed by atoms with Crippen LogP contribution >= 0.6 is 0 Å². The summed E-state index contributed by atoms with van der Waals surface area (Å²) in [5.41, 5.74) is 1.38. The molecule has 0 aliphatic carbocycles. The lowest BCUT2D eigenvalue weighted by Crippen LogP contribution is -2.41. The Balaban J connectivity index is 2.00. The number of aromatic nitrogens is 1. The molecule has 1 fully saturated rings. The molecular weight excluding hydrogens is 344 g/mol. The summed E-state index contributed by atoms with van der Waals surface area (Å²) in [5, 5.41) is 0. The van der Waals surface area contributed by atoms with Gasteiger partial charge in [0, 0.05) is 17.8 Å². The highest BCUT2D eigenvalue weighted by Crippen LogP contribution is 2.33. The van der Waals surface area contributed by atoms with Crippen molar-refractivity contribution in [3.8, 4) is 5.75 Å². The minimum absolute atomic E-state index is 0.0144. The summed E-state index contributed by atoms with van der Waals surface area (Å²) >= 11 is 0. The van der Waals surface area contributed by atoms with Gasteiger partial charge in [0.05, 0.1) is 13.2 Å². The van der Waals surface area contributed by atoms with Crippen molar-refractivity contribution >= 4 is 11.7 Å². The number of pyridine rings is 1. The van der Waals surface area contributed by atoms with Gasteiger partial charge in [0.15, 0.2) is 5.78 Å². The normalized spacial score (nSPS) is 16.9. The first-order valence-corrected chi connectivity index (χ1v) is 9.12. The van der Waals surface area contributed by atoms with Crippen LogP contribution in [0, 0.1) is 6.92 Å². The Kier molecular flexibility index (Phi) is 5.44. The minimum Gasteiger partial charge on any atom is -0.497 e. The van der Waals surface area contributed by atoms with E-state index < -0.39 is 5.56 Å². The molecule has 0 unspecified atom stereocenters. The van der Waals surface area contributed by atoms with Crippen LogP contribution in [0.25, 0.3) is 0 Å². The zero-order valence-corrected chi connectivity index (χ0v) is 15.9. The molecule has 1 aromatic heterocycles. The number of carbonyl (C=O) groups is 2. The molecule has 1 atom stereocenters. The van der Waals surface area contributed by atoms with E-state index in [4.69, 9.17) is 4.74 Å². The first kappa shape index (κ1) is 18.9. The molecule has 2 aromatic rings. The number of nitrogens with one attached hydrogen (secondary N) is 1. The molecule has 1 aliphatic heterocycles. The van der Waals surface area contributed by atoms with Crippen LogP contribution in [-0.4, -0.2) is 35.2 Å². The van der Waals surface area contributed by atoms with Crippen molar-refractivity contribution in [3.05, 3.63) is 63.1 Å². The van der Waals surface area contributed by atoms with Crippen molar-refractivity contribution in [3.63, 3.8) is 0 Å². The number of likely N-dealkylation sites (tertiary alicyclic amines) is 1. The van der Waals surface area contributed by atoms with Crippen molar-refractivity contribution < 1.29 is 14.3 Å². The summed E-state index contributed by atoms with van der Waals surface area (Å²) in [6, 6.07) is 8.97. The number of carbonyl (C=O) groups excluding carboxylic acids is 2. The molecule has 6 heteroatoms. The van der Waals surface area contributed by atoms with E-state index in [1.807, 2.05) is 24.3 Å². The number of hydrogen-bond donors (Lipinski definition) is 1. The summed E-state index contributed by atoms with van der Waals surface area (Å²) in [6.45, 7) is 3.66. The van der Waals surface area contributed by atoms with Gasteiger partial charge in [0.2, 0.25) is 0 Å². The van der Waals surface area contributed by atoms with Crippen molar-refractivity contribution in [2.45, 2.75) is 39.2 Å². The SMILES string of the molecule is COc1cccc([C@@H]2CCCCN2C(=O)c2cc(C(C)=O)c(C)[nH]c2=O)c1. The number of rotatable bonds is 4. The third-order valence-electron chi connectivity index (χ3n) is 5.09. The number of Topliss-reactive ketones (excluding diaryl/α,β-unsaturated/α-hetero) is 1. The van der Waals surface area contributed by atoms with Gasteiger partial charge in [-0.2, -0.15) is 0 Å². The van der Waals surface area contributed by atoms with E-state index in [-0.39, 0.29) is 23.3 Å².